The Morgan fingerprint density at radius 3 is 2.76 bits per heavy atom. The summed E-state index contributed by atoms with van der Waals surface area (Å²) in [7, 11) is 1.66. The van der Waals surface area contributed by atoms with Crippen molar-refractivity contribution in [3.63, 3.8) is 0 Å². The minimum absolute atomic E-state index is 0.115. The highest BCUT2D eigenvalue weighted by Crippen LogP contribution is 2.38. The van der Waals surface area contributed by atoms with Gasteiger partial charge in [0, 0.05) is 31.5 Å². The van der Waals surface area contributed by atoms with E-state index in [1.165, 1.54) is 0 Å². The van der Waals surface area contributed by atoms with Crippen LogP contribution in [-0.2, 0) is 11.3 Å². The average Bonchev–Trinajstić information content (AvgIpc) is 3.16. The molecule has 0 aliphatic carbocycles. The summed E-state index contributed by atoms with van der Waals surface area (Å²) < 4.78 is 7.25. The SMILES string of the molecule is COCCCNC(=O)N1Cc2ccccc2-n2cccc2[C@H]1c1ccccc1Cl. The molecule has 0 fully saturated rings. The Labute approximate surface area is 175 Å². The van der Waals surface area contributed by atoms with Crippen LogP contribution >= 0.6 is 11.6 Å². The molecule has 3 aromatic rings. The number of carbonyl (C=O) groups excluding carboxylic acids is 1. The highest BCUT2D eigenvalue weighted by atomic mass is 35.5. The normalized spacial score (nSPS) is 15.4. The predicted octanol–water partition coefficient (Wildman–Crippen LogP) is 4.78. The number of carbonyl (C=O) groups is 1. The second kappa shape index (κ2) is 8.72. The zero-order chi connectivity index (χ0) is 20.2. The third-order valence-electron chi connectivity index (χ3n) is 5.23. The zero-order valence-electron chi connectivity index (χ0n) is 16.3. The van der Waals surface area contributed by atoms with E-state index in [-0.39, 0.29) is 12.1 Å². The highest BCUT2D eigenvalue weighted by molar-refractivity contribution is 6.31. The van der Waals surface area contributed by atoms with Crippen LogP contribution in [-0.4, -0.2) is 35.8 Å². The Bertz CT molecular complexity index is 1000. The van der Waals surface area contributed by atoms with Crippen molar-refractivity contribution in [2.75, 3.05) is 20.3 Å². The van der Waals surface area contributed by atoms with Crippen molar-refractivity contribution in [3.05, 3.63) is 88.7 Å². The summed E-state index contributed by atoms with van der Waals surface area (Å²) in [5, 5.41) is 3.69. The minimum atomic E-state index is -0.298. The van der Waals surface area contributed by atoms with Crippen LogP contribution in [0.4, 0.5) is 4.79 Å². The first kappa shape index (κ1) is 19.6. The molecule has 1 aliphatic rings. The van der Waals surface area contributed by atoms with E-state index < -0.39 is 0 Å². The number of halogens is 1. The van der Waals surface area contributed by atoms with Crippen molar-refractivity contribution in [2.45, 2.75) is 19.0 Å². The number of benzene rings is 2. The number of para-hydroxylation sites is 1. The van der Waals surface area contributed by atoms with Crippen LogP contribution in [0.5, 0.6) is 0 Å². The predicted molar refractivity (Wildman–Crippen MR) is 114 cm³/mol. The molecule has 5 nitrogen and oxygen atoms in total. The summed E-state index contributed by atoms with van der Waals surface area (Å²) in [5.74, 6) is 0. The first-order valence-electron chi connectivity index (χ1n) is 9.74. The number of hydrogen-bond acceptors (Lipinski definition) is 2. The number of nitrogens with one attached hydrogen (secondary N) is 1. The number of ether oxygens (including phenoxy) is 1. The zero-order valence-corrected chi connectivity index (χ0v) is 17.1. The van der Waals surface area contributed by atoms with Gasteiger partial charge in [0.2, 0.25) is 0 Å². The van der Waals surface area contributed by atoms with Crippen molar-refractivity contribution in [3.8, 4) is 5.69 Å². The molecule has 0 saturated heterocycles. The third kappa shape index (κ3) is 3.88. The second-order valence-electron chi connectivity index (χ2n) is 7.06. The van der Waals surface area contributed by atoms with Crippen molar-refractivity contribution >= 4 is 17.6 Å². The quantitative estimate of drug-likeness (QED) is 0.616. The van der Waals surface area contributed by atoms with Gasteiger partial charge in [-0.25, -0.2) is 4.79 Å². The average molecular weight is 410 g/mol. The molecule has 0 saturated carbocycles. The molecule has 1 aliphatic heterocycles. The van der Waals surface area contributed by atoms with Gasteiger partial charge in [-0.05, 0) is 41.8 Å². The molecule has 0 radical (unpaired) electrons. The number of amides is 2. The van der Waals surface area contributed by atoms with E-state index in [1.807, 2.05) is 53.6 Å². The van der Waals surface area contributed by atoms with Gasteiger partial charge in [0.15, 0.2) is 0 Å². The van der Waals surface area contributed by atoms with Gasteiger partial charge in [0.05, 0.1) is 17.9 Å². The molecule has 2 heterocycles. The lowest BCUT2D eigenvalue weighted by Gasteiger charge is -2.31. The Balaban J connectivity index is 1.79. The Kier molecular flexibility index (Phi) is 5.88. The van der Waals surface area contributed by atoms with E-state index in [1.54, 1.807) is 7.11 Å². The molecule has 4 rings (SSSR count). The number of hydrogen-bond donors (Lipinski definition) is 1. The molecule has 0 spiro atoms. The lowest BCUT2D eigenvalue weighted by atomic mass is 10.0. The maximum Gasteiger partial charge on any atom is 0.318 e. The summed E-state index contributed by atoms with van der Waals surface area (Å²) in [5.41, 5.74) is 4.09. The molecule has 0 bridgehead atoms. The van der Waals surface area contributed by atoms with E-state index in [0.717, 1.165) is 28.9 Å². The maximum absolute atomic E-state index is 13.3. The van der Waals surface area contributed by atoms with Crippen LogP contribution in [0.15, 0.2) is 66.9 Å². The lowest BCUT2D eigenvalue weighted by Crippen LogP contribution is -2.42. The van der Waals surface area contributed by atoms with Crippen molar-refractivity contribution in [1.82, 2.24) is 14.8 Å². The molecule has 6 heteroatoms. The van der Waals surface area contributed by atoms with E-state index in [9.17, 15) is 4.79 Å². The van der Waals surface area contributed by atoms with Crippen LogP contribution < -0.4 is 5.32 Å². The fraction of sp³-hybridized carbons (Fsp3) is 0.261. The van der Waals surface area contributed by atoms with Gasteiger partial charge in [0.1, 0.15) is 6.04 Å². The summed E-state index contributed by atoms with van der Waals surface area (Å²) >= 11 is 6.59. The van der Waals surface area contributed by atoms with Crippen molar-refractivity contribution in [1.29, 1.82) is 0 Å². The van der Waals surface area contributed by atoms with E-state index in [4.69, 9.17) is 16.3 Å². The Hall–Kier alpha value is -2.76. The van der Waals surface area contributed by atoms with Gasteiger partial charge in [-0.1, -0.05) is 48.0 Å². The molecule has 1 N–H and O–H groups in total. The van der Waals surface area contributed by atoms with Gasteiger partial charge in [-0.3, -0.25) is 0 Å². The number of fused-ring (bicyclic) bond motifs is 3. The van der Waals surface area contributed by atoms with Gasteiger partial charge in [-0.15, -0.1) is 0 Å². The standard InChI is InChI=1S/C23H24ClN3O2/c1-29-15-7-13-25-23(28)27-16-17-8-2-5-11-20(17)26-14-6-12-21(26)22(27)18-9-3-4-10-19(18)24/h2-6,8-12,14,22H,7,13,15-16H2,1H3,(H,25,28)/t22-/m1/s1. The first-order valence-corrected chi connectivity index (χ1v) is 10.1. The lowest BCUT2D eigenvalue weighted by molar-refractivity contribution is 0.174. The summed E-state index contributed by atoms with van der Waals surface area (Å²) in [6, 6.07) is 19.6. The fourth-order valence-electron chi connectivity index (χ4n) is 3.88. The maximum atomic E-state index is 13.3. The molecule has 2 aromatic carbocycles. The summed E-state index contributed by atoms with van der Waals surface area (Å²) in [6.45, 7) is 1.66. The molecule has 29 heavy (non-hydrogen) atoms. The number of aromatic nitrogens is 1. The van der Waals surface area contributed by atoms with E-state index in [0.29, 0.717) is 24.7 Å². The van der Waals surface area contributed by atoms with Crippen molar-refractivity contribution < 1.29 is 9.53 Å². The van der Waals surface area contributed by atoms with Gasteiger partial charge in [0.25, 0.3) is 0 Å². The monoisotopic (exact) mass is 409 g/mol. The molecule has 1 atom stereocenters. The third-order valence-corrected chi connectivity index (χ3v) is 5.57. The number of methoxy groups -OCH3 is 1. The van der Waals surface area contributed by atoms with Crippen molar-refractivity contribution in [2.24, 2.45) is 0 Å². The van der Waals surface area contributed by atoms with Crippen LogP contribution in [0.2, 0.25) is 5.02 Å². The summed E-state index contributed by atoms with van der Waals surface area (Å²) in [4.78, 5) is 15.1. The molecule has 0 unspecified atom stereocenters. The molecule has 1 aromatic heterocycles. The van der Waals surface area contributed by atoms with Crippen LogP contribution in [0.3, 0.4) is 0 Å². The Morgan fingerprint density at radius 1 is 1.14 bits per heavy atom. The number of rotatable bonds is 5. The molecule has 150 valence electrons. The number of nitrogens with zero attached hydrogens (tertiary/aromatic N) is 2. The van der Waals surface area contributed by atoms with Crippen LogP contribution in [0, 0.1) is 0 Å². The van der Waals surface area contributed by atoms with E-state index in [2.05, 4.69) is 28.1 Å². The topological polar surface area (TPSA) is 46.5 Å². The highest BCUT2D eigenvalue weighted by Gasteiger charge is 2.33. The van der Waals surface area contributed by atoms with Gasteiger partial charge >= 0.3 is 6.03 Å². The molecular formula is C23H24ClN3O2. The minimum Gasteiger partial charge on any atom is -0.385 e. The first-order chi connectivity index (χ1) is 14.2. The van der Waals surface area contributed by atoms with E-state index >= 15 is 0 Å². The van der Waals surface area contributed by atoms with Gasteiger partial charge < -0.3 is 19.5 Å². The number of urea groups is 1. The molecular weight excluding hydrogens is 386 g/mol. The Morgan fingerprint density at radius 2 is 1.93 bits per heavy atom. The smallest absolute Gasteiger partial charge is 0.318 e. The second-order valence-corrected chi connectivity index (χ2v) is 7.47. The van der Waals surface area contributed by atoms with Crippen LogP contribution in [0.25, 0.3) is 5.69 Å². The summed E-state index contributed by atoms with van der Waals surface area (Å²) in [6.07, 6.45) is 2.80. The van der Waals surface area contributed by atoms with Crippen LogP contribution in [0.1, 0.15) is 29.3 Å². The fourth-order valence-corrected chi connectivity index (χ4v) is 4.12. The van der Waals surface area contributed by atoms with Gasteiger partial charge in [-0.2, -0.15) is 0 Å². The molecule has 2 amide bonds. The largest absolute Gasteiger partial charge is 0.385 e.